The number of methoxy groups -OCH3 is 1. The third-order valence-corrected chi connectivity index (χ3v) is 6.28. The lowest BCUT2D eigenvalue weighted by Crippen LogP contribution is -2.44. The van der Waals surface area contributed by atoms with Crippen molar-refractivity contribution in [2.24, 2.45) is 5.92 Å². The molecule has 2 aliphatic heterocycles. The van der Waals surface area contributed by atoms with Crippen LogP contribution in [0.3, 0.4) is 0 Å². The summed E-state index contributed by atoms with van der Waals surface area (Å²) in [6.45, 7) is 2.67. The van der Waals surface area contributed by atoms with Crippen LogP contribution in [0.5, 0.6) is 5.75 Å². The summed E-state index contributed by atoms with van der Waals surface area (Å²) in [7, 11) is 1.75. The van der Waals surface area contributed by atoms with E-state index in [1.807, 2.05) is 6.07 Å². The topological polar surface area (TPSA) is 12.5 Å². The van der Waals surface area contributed by atoms with Gasteiger partial charge in [0.15, 0.2) is 0 Å². The Morgan fingerprint density at radius 1 is 1.23 bits per heavy atom. The van der Waals surface area contributed by atoms with Gasteiger partial charge in [0.2, 0.25) is 0 Å². The van der Waals surface area contributed by atoms with Crippen molar-refractivity contribution in [3.63, 3.8) is 0 Å². The highest BCUT2D eigenvalue weighted by Crippen LogP contribution is 2.28. The minimum Gasteiger partial charge on any atom is -0.497 e. The number of nitrogens with zero attached hydrogens (tertiary/aromatic N) is 1. The van der Waals surface area contributed by atoms with E-state index in [-0.39, 0.29) is 0 Å². The number of thioether (sulfide) groups is 1. The van der Waals surface area contributed by atoms with Gasteiger partial charge >= 0.3 is 0 Å². The first kappa shape index (κ1) is 16.2. The van der Waals surface area contributed by atoms with E-state index in [0.29, 0.717) is 0 Å². The molecule has 2 heterocycles. The molecule has 2 fully saturated rings. The summed E-state index contributed by atoms with van der Waals surface area (Å²) < 4.78 is 5.33. The second kappa shape index (κ2) is 8.26. The van der Waals surface area contributed by atoms with E-state index in [0.717, 1.165) is 17.7 Å². The Labute approximate surface area is 139 Å². The normalized spacial score (nSPS) is 24.3. The summed E-state index contributed by atoms with van der Waals surface area (Å²) in [4.78, 5) is 2.81. The molecule has 0 saturated carbocycles. The highest BCUT2D eigenvalue weighted by atomic mass is 32.2. The Kier molecular flexibility index (Phi) is 6.08. The zero-order valence-electron chi connectivity index (χ0n) is 13.8. The van der Waals surface area contributed by atoms with Gasteiger partial charge in [-0.2, -0.15) is 11.8 Å². The molecule has 1 atom stereocenters. The van der Waals surface area contributed by atoms with Gasteiger partial charge in [-0.25, -0.2) is 0 Å². The molecule has 0 bridgehead atoms. The van der Waals surface area contributed by atoms with Gasteiger partial charge in [0.05, 0.1) is 7.11 Å². The summed E-state index contributed by atoms with van der Waals surface area (Å²) in [5.41, 5.74) is 1.42. The molecule has 1 aromatic rings. The summed E-state index contributed by atoms with van der Waals surface area (Å²) in [5, 5.41) is 0. The third-order valence-electron chi connectivity index (χ3n) is 5.23. The maximum Gasteiger partial charge on any atom is 0.119 e. The summed E-state index contributed by atoms with van der Waals surface area (Å²) in [6.07, 6.45) is 8.15. The number of ether oxygens (including phenoxy) is 1. The van der Waals surface area contributed by atoms with Gasteiger partial charge in [0.1, 0.15) is 5.75 Å². The number of piperidine rings is 1. The molecular formula is C19H29NOS. The Morgan fingerprint density at radius 2 is 2.09 bits per heavy atom. The zero-order chi connectivity index (χ0) is 15.2. The fourth-order valence-electron chi connectivity index (χ4n) is 3.91. The highest BCUT2D eigenvalue weighted by molar-refractivity contribution is 7.99. The minimum absolute atomic E-state index is 0.876. The van der Waals surface area contributed by atoms with Gasteiger partial charge in [-0.15, -0.1) is 0 Å². The van der Waals surface area contributed by atoms with Crippen molar-refractivity contribution in [1.82, 2.24) is 4.90 Å². The van der Waals surface area contributed by atoms with Crippen LogP contribution in [-0.2, 0) is 6.42 Å². The van der Waals surface area contributed by atoms with Crippen molar-refractivity contribution < 1.29 is 4.74 Å². The number of aryl methyl sites for hydroxylation is 1. The van der Waals surface area contributed by atoms with Crippen molar-refractivity contribution in [3.8, 4) is 5.75 Å². The largest absolute Gasteiger partial charge is 0.497 e. The Bertz CT molecular complexity index is 459. The average molecular weight is 320 g/mol. The Hall–Kier alpha value is -0.670. The first-order chi connectivity index (χ1) is 10.8. The molecule has 122 valence electrons. The van der Waals surface area contributed by atoms with Crippen LogP contribution in [0.1, 0.15) is 37.7 Å². The van der Waals surface area contributed by atoms with Crippen LogP contribution in [-0.4, -0.2) is 42.6 Å². The number of benzene rings is 1. The van der Waals surface area contributed by atoms with Gasteiger partial charge in [0, 0.05) is 12.6 Å². The summed E-state index contributed by atoms with van der Waals surface area (Å²) in [6, 6.07) is 9.45. The molecule has 1 unspecified atom stereocenters. The maximum absolute atomic E-state index is 5.33. The molecule has 3 rings (SSSR count). The van der Waals surface area contributed by atoms with Crippen molar-refractivity contribution in [1.29, 1.82) is 0 Å². The molecule has 0 amide bonds. The fraction of sp³-hybridized carbons (Fsp3) is 0.684. The molecule has 22 heavy (non-hydrogen) atoms. The summed E-state index contributed by atoms with van der Waals surface area (Å²) in [5.74, 6) is 4.61. The maximum atomic E-state index is 5.33. The van der Waals surface area contributed by atoms with E-state index in [2.05, 4.69) is 34.9 Å². The van der Waals surface area contributed by atoms with Crippen LogP contribution < -0.4 is 4.74 Å². The standard InChI is InChI=1S/C19H29NOS/c1-21-19-6-2-4-16(14-19)7-8-17-5-3-11-20(15-17)18-9-12-22-13-10-18/h2,4,6,14,17-18H,3,5,7-13,15H2,1H3. The van der Waals surface area contributed by atoms with Gasteiger partial charge in [-0.1, -0.05) is 12.1 Å². The zero-order valence-corrected chi connectivity index (χ0v) is 14.6. The van der Waals surface area contributed by atoms with E-state index >= 15 is 0 Å². The van der Waals surface area contributed by atoms with Crippen LogP contribution in [0.25, 0.3) is 0 Å². The number of rotatable bonds is 5. The first-order valence-electron chi connectivity index (χ1n) is 8.80. The lowest BCUT2D eigenvalue weighted by Gasteiger charge is -2.40. The molecule has 0 radical (unpaired) electrons. The summed E-state index contributed by atoms with van der Waals surface area (Å²) >= 11 is 2.14. The molecule has 1 aromatic carbocycles. The lowest BCUT2D eigenvalue weighted by atomic mass is 9.90. The number of hydrogen-bond donors (Lipinski definition) is 0. The molecule has 0 aliphatic carbocycles. The average Bonchev–Trinajstić information content (AvgIpc) is 2.61. The molecule has 3 heteroatoms. The first-order valence-corrected chi connectivity index (χ1v) is 9.95. The quantitative estimate of drug-likeness (QED) is 0.805. The lowest BCUT2D eigenvalue weighted by molar-refractivity contribution is 0.113. The van der Waals surface area contributed by atoms with Crippen LogP contribution >= 0.6 is 11.8 Å². The number of likely N-dealkylation sites (tertiary alicyclic amines) is 1. The monoisotopic (exact) mass is 319 g/mol. The van der Waals surface area contributed by atoms with E-state index in [1.165, 1.54) is 68.7 Å². The SMILES string of the molecule is COc1cccc(CCC2CCCN(C3CCSCC3)C2)c1. The van der Waals surface area contributed by atoms with E-state index in [4.69, 9.17) is 4.74 Å². The molecule has 0 spiro atoms. The van der Waals surface area contributed by atoms with Crippen LogP contribution in [0.15, 0.2) is 24.3 Å². The molecule has 2 saturated heterocycles. The molecular weight excluding hydrogens is 290 g/mol. The second-order valence-corrected chi connectivity index (χ2v) is 7.96. The van der Waals surface area contributed by atoms with E-state index in [1.54, 1.807) is 7.11 Å². The van der Waals surface area contributed by atoms with Gasteiger partial charge in [-0.05, 0) is 80.2 Å². The molecule has 0 aromatic heterocycles. The Morgan fingerprint density at radius 3 is 2.91 bits per heavy atom. The van der Waals surface area contributed by atoms with Crippen LogP contribution in [0.2, 0.25) is 0 Å². The van der Waals surface area contributed by atoms with Crippen LogP contribution in [0.4, 0.5) is 0 Å². The fourth-order valence-corrected chi connectivity index (χ4v) is 5.00. The minimum atomic E-state index is 0.876. The smallest absolute Gasteiger partial charge is 0.119 e. The van der Waals surface area contributed by atoms with Crippen molar-refractivity contribution in [3.05, 3.63) is 29.8 Å². The van der Waals surface area contributed by atoms with Gasteiger partial charge < -0.3 is 9.64 Å². The molecule has 2 aliphatic rings. The van der Waals surface area contributed by atoms with Crippen LogP contribution in [0, 0.1) is 5.92 Å². The van der Waals surface area contributed by atoms with Crippen molar-refractivity contribution >= 4 is 11.8 Å². The number of hydrogen-bond acceptors (Lipinski definition) is 3. The predicted molar refractivity (Wildman–Crippen MR) is 96.0 cm³/mol. The predicted octanol–water partition coefficient (Wildman–Crippen LogP) is 4.24. The van der Waals surface area contributed by atoms with E-state index < -0.39 is 0 Å². The van der Waals surface area contributed by atoms with Crippen molar-refractivity contribution in [2.75, 3.05) is 31.7 Å². The Balaban J connectivity index is 1.49. The van der Waals surface area contributed by atoms with Crippen molar-refractivity contribution in [2.45, 2.75) is 44.6 Å². The van der Waals surface area contributed by atoms with Gasteiger partial charge in [0.25, 0.3) is 0 Å². The second-order valence-electron chi connectivity index (χ2n) is 6.74. The molecule has 2 nitrogen and oxygen atoms in total. The highest BCUT2D eigenvalue weighted by Gasteiger charge is 2.26. The molecule has 0 N–H and O–H groups in total. The van der Waals surface area contributed by atoms with Gasteiger partial charge in [-0.3, -0.25) is 0 Å². The third kappa shape index (κ3) is 4.42. The van der Waals surface area contributed by atoms with E-state index in [9.17, 15) is 0 Å².